The van der Waals surface area contributed by atoms with Crippen LogP contribution in [0.2, 0.25) is 0 Å². The average Bonchev–Trinajstić information content (AvgIpc) is 2.13. The molecule has 0 aromatic carbocycles. The monoisotopic (exact) mass is 201 g/mol. The summed E-state index contributed by atoms with van der Waals surface area (Å²) in [5, 5.41) is 12.8. The number of hydrogen-bond acceptors (Lipinski definition) is 4. The standard InChI is InChI=1S/C10H19NO3/c1-8(9(12)14-2)6-11-7-10(13)4-3-5-10/h8,11,13H,3-7H2,1-2H3. The third-order valence-electron chi connectivity index (χ3n) is 2.79. The summed E-state index contributed by atoms with van der Waals surface area (Å²) in [5.74, 6) is -0.359. The summed E-state index contributed by atoms with van der Waals surface area (Å²) < 4.78 is 4.59. The third kappa shape index (κ3) is 2.96. The quantitative estimate of drug-likeness (QED) is 0.628. The highest BCUT2D eigenvalue weighted by Gasteiger charge is 2.33. The van der Waals surface area contributed by atoms with Gasteiger partial charge in [-0.2, -0.15) is 0 Å². The molecule has 1 saturated carbocycles. The molecule has 4 heteroatoms. The van der Waals surface area contributed by atoms with Crippen molar-refractivity contribution in [2.24, 2.45) is 5.92 Å². The summed E-state index contributed by atoms with van der Waals surface area (Å²) in [6.45, 7) is 2.95. The first-order chi connectivity index (χ1) is 6.57. The van der Waals surface area contributed by atoms with Gasteiger partial charge in [-0.1, -0.05) is 6.92 Å². The van der Waals surface area contributed by atoms with E-state index in [9.17, 15) is 9.90 Å². The highest BCUT2D eigenvalue weighted by atomic mass is 16.5. The highest BCUT2D eigenvalue weighted by Crippen LogP contribution is 2.30. The Morgan fingerprint density at radius 3 is 2.71 bits per heavy atom. The van der Waals surface area contributed by atoms with Gasteiger partial charge in [0.2, 0.25) is 0 Å². The summed E-state index contributed by atoms with van der Waals surface area (Å²) in [4.78, 5) is 11.0. The second-order valence-electron chi connectivity index (χ2n) is 4.13. The minimum absolute atomic E-state index is 0.149. The van der Waals surface area contributed by atoms with Gasteiger partial charge in [-0.25, -0.2) is 0 Å². The maximum atomic E-state index is 11.0. The van der Waals surface area contributed by atoms with E-state index in [0.29, 0.717) is 13.1 Å². The van der Waals surface area contributed by atoms with E-state index in [4.69, 9.17) is 0 Å². The summed E-state index contributed by atoms with van der Waals surface area (Å²) in [5.41, 5.74) is -0.518. The van der Waals surface area contributed by atoms with E-state index in [1.807, 2.05) is 6.92 Å². The van der Waals surface area contributed by atoms with Crippen molar-refractivity contribution in [2.75, 3.05) is 20.2 Å². The number of carbonyl (C=O) groups is 1. The first-order valence-corrected chi connectivity index (χ1v) is 5.08. The normalized spacial score (nSPS) is 21.1. The maximum absolute atomic E-state index is 11.0. The second-order valence-corrected chi connectivity index (χ2v) is 4.13. The van der Waals surface area contributed by atoms with Crippen LogP contribution in [0.1, 0.15) is 26.2 Å². The Bertz CT molecular complexity index is 202. The van der Waals surface area contributed by atoms with Gasteiger partial charge in [0.1, 0.15) is 0 Å². The predicted molar refractivity (Wildman–Crippen MR) is 52.9 cm³/mol. The van der Waals surface area contributed by atoms with Crippen molar-refractivity contribution in [3.63, 3.8) is 0 Å². The number of esters is 1. The molecule has 1 atom stereocenters. The van der Waals surface area contributed by atoms with Crippen LogP contribution in [0.25, 0.3) is 0 Å². The number of nitrogens with one attached hydrogen (secondary N) is 1. The Kier molecular flexibility index (Phi) is 3.89. The Hall–Kier alpha value is -0.610. The lowest BCUT2D eigenvalue weighted by atomic mass is 9.80. The van der Waals surface area contributed by atoms with Crippen LogP contribution in [0.15, 0.2) is 0 Å². The molecule has 0 spiro atoms. The van der Waals surface area contributed by atoms with E-state index in [1.54, 1.807) is 0 Å². The molecular weight excluding hydrogens is 182 g/mol. The predicted octanol–water partition coefficient (Wildman–Crippen LogP) is 0.300. The Morgan fingerprint density at radius 2 is 2.29 bits per heavy atom. The molecule has 0 amide bonds. The lowest BCUT2D eigenvalue weighted by molar-refractivity contribution is -0.144. The third-order valence-corrected chi connectivity index (χ3v) is 2.79. The van der Waals surface area contributed by atoms with E-state index in [-0.39, 0.29) is 11.9 Å². The number of aliphatic hydroxyl groups is 1. The number of ether oxygens (including phenoxy) is 1. The molecule has 14 heavy (non-hydrogen) atoms. The molecule has 0 bridgehead atoms. The van der Waals surface area contributed by atoms with E-state index in [2.05, 4.69) is 10.1 Å². The summed E-state index contributed by atoms with van der Waals surface area (Å²) in [7, 11) is 1.39. The molecule has 1 rings (SSSR count). The first kappa shape index (κ1) is 11.5. The van der Waals surface area contributed by atoms with Crippen molar-refractivity contribution in [3.8, 4) is 0 Å². The second kappa shape index (κ2) is 4.75. The molecule has 0 aromatic rings. The molecule has 0 aliphatic heterocycles. The molecule has 1 aliphatic carbocycles. The summed E-state index contributed by atoms with van der Waals surface area (Å²) >= 11 is 0. The van der Waals surface area contributed by atoms with Crippen molar-refractivity contribution in [3.05, 3.63) is 0 Å². The van der Waals surface area contributed by atoms with Gasteiger partial charge < -0.3 is 15.2 Å². The van der Waals surface area contributed by atoms with Crippen molar-refractivity contribution >= 4 is 5.97 Å². The molecule has 2 N–H and O–H groups in total. The van der Waals surface area contributed by atoms with Gasteiger partial charge in [0.05, 0.1) is 18.6 Å². The highest BCUT2D eigenvalue weighted by molar-refractivity contribution is 5.71. The largest absolute Gasteiger partial charge is 0.469 e. The van der Waals surface area contributed by atoms with Crippen LogP contribution in [0.4, 0.5) is 0 Å². The summed E-state index contributed by atoms with van der Waals surface area (Å²) in [6, 6.07) is 0. The van der Waals surface area contributed by atoms with Crippen LogP contribution in [0.3, 0.4) is 0 Å². The number of methoxy groups -OCH3 is 1. The fraction of sp³-hybridized carbons (Fsp3) is 0.900. The first-order valence-electron chi connectivity index (χ1n) is 5.08. The smallest absolute Gasteiger partial charge is 0.309 e. The molecule has 0 saturated heterocycles. The molecular formula is C10H19NO3. The number of hydrogen-bond donors (Lipinski definition) is 2. The van der Waals surface area contributed by atoms with Crippen LogP contribution in [0.5, 0.6) is 0 Å². The fourth-order valence-corrected chi connectivity index (χ4v) is 1.57. The van der Waals surface area contributed by atoms with Crippen LogP contribution < -0.4 is 5.32 Å². The molecule has 0 radical (unpaired) electrons. The van der Waals surface area contributed by atoms with Crippen LogP contribution in [0, 0.1) is 5.92 Å². The molecule has 1 fully saturated rings. The Labute approximate surface area is 84.6 Å². The lowest BCUT2D eigenvalue weighted by Crippen LogP contribution is -2.47. The SMILES string of the molecule is COC(=O)C(C)CNCC1(O)CCC1. The summed E-state index contributed by atoms with van der Waals surface area (Å²) in [6.07, 6.45) is 2.84. The van der Waals surface area contributed by atoms with E-state index in [0.717, 1.165) is 19.3 Å². The molecule has 82 valence electrons. The molecule has 1 unspecified atom stereocenters. The van der Waals surface area contributed by atoms with Crippen molar-refractivity contribution in [1.29, 1.82) is 0 Å². The van der Waals surface area contributed by atoms with Crippen molar-refractivity contribution in [2.45, 2.75) is 31.8 Å². The minimum Gasteiger partial charge on any atom is -0.469 e. The van der Waals surface area contributed by atoms with Crippen molar-refractivity contribution in [1.82, 2.24) is 5.32 Å². The lowest BCUT2D eigenvalue weighted by Gasteiger charge is -2.36. The zero-order valence-electron chi connectivity index (χ0n) is 8.88. The maximum Gasteiger partial charge on any atom is 0.309 e. The van der Waals surface area contributed by atoms with E-state index in [1.165, 1.54) is 7.11 Å². The Balaban J connectivity index is 2.11. The van der Waals surface area contributed by atoms with Gasteiger partial charge in [0.25, 0.3) is 0 Å². The van der Waals surface area contributed by atoms with Crippen LogP contribution >= 0.6 is 0 Å². The average molecular weight is 201 g/mol. The van der Waals surface area contributed by atoms with E-state index >= 15 is 0 Å². The molecule has 0 aromatic heterocycles. The molecule has 1 aliphatic rings. The topological polar surface area (TPSA) is 58.6 Å². The van der Waals surface area contributed by atoms with Gasteiger partial charge in [0, 0.05) is 13.1 Å². The van der Waals surface area contributed by atoms with Gasteiger partial charge in [-0.3, -0.25) is 4.79 Å². The fourth-order valence-electron chi connectivity index (χ4n) is 1.57. The molecule has 4 nitrogen and oxygen atoms in total. The van der Waals surface area contributed by atoms with Crippen molar-refractivity contribution < 1.29 is 14.6 Å². The number of carbonyl (C=O) groups excluding carboxylic acids is 1. The zero-order chi connectivity index (χ0) is 10.6. The van der Waals surface area contributed by atoms with Crippen LogP contribution in [-0.2, 0) is 9.53 Å². The molecule has 0 heterocycles. The van der Waals surface area contributed by atoms with Gasteiger partial charge in [-0.05, 0) is 19.3 Å². The van der Waals surface area contributed by atoms with E-state index < -0.39 is 5.60 Å². The van der Waals surface area contributed by atoms with Gasteiger partial charge >= 0.3 is 5.97 Å². The minimum atomic E-state index is -0.518. The van der Waals surface area contributed by atoms with Gasteiger partial charge in [0.15, 0.2) is 0 Å². The number of rotatable bonds is 5. The van der Waals surface area contributed by atoms with Gasteiger partial charge in [-0.15, -0.1) is 0 Å². The zero-order valence-corrected chi connectivity index (χ0v) is 8.88. The Morgan fingerprint density at radius 1 is 1.64 bits per heavy atom. The van der Waals surface area contributed by atoms with Crippen LogP contribution in [-0.4, -0.2) is 36.9 Å².